The van der Waals surface area contributed by atoms with Crippen molar-refractivity contribution in [3.8, 4) is 0 Å². The van der Waals surface area contributed by atoms with Crippen LogP contribution < -0.4 is 5.32 Å². The van der Waals surface area contributed by atoms with Crippen LogP contribution in [0.2, 0.25) is 0 Å². The first kappa shape index (κ1) is 13.5. The third-order valence-corrected chi connectivity index (χ3v) is 3.26. The minimum atomic E-state index is -0.403. The van der Waals surface area contributed by atoms with E-state index in [0.717, 1.165) is 11.4 Å². The van der Waals surface area contributed by atoms with Crippen molar-refractivity contribution in [1.29, 1.82) is 0 Å². The summed E-state index contributed by atoms with van der Waals surface area (Å²) in [4.78, 5) is 30.0. The first-order valence-electron chi connectivity index (χ1n) is 6.61. The van der Waals surface area contributed by atoms with Crippen molar-refractivity contribution < 1.29 is 9.59 Å². The molecule has 1 aliphatic rings. The molecule has 0 aromatic carbocycles. The standard InChI is InChI=1S/C14H19N3O2/c1-3-12-14(19)17(8-7-13(18)16-12)9-11-6-4-5-10(2)15-11/h4-6,12H,3,7-9H2,1-2H3,(H,16,18). The van der Waals surface area contributed by atoms with Gasteiger partial charge in [0, 0.05) is 18.7 Å². The summed E-state index contributed by atoms with van der Waals surface area (Å²) in [5.41, 5.74) is 1.79. The molecule has 5 heteroatoms. The quantitative estimate of drug-likeness (QED) is 0.883. The Labute approximate surface area is 113 Å². The molecule has 1 saturated heterocycles. The van der Waals surface area contributed by atoms with E-state index in [1.807, 2.05) is 32.0 Å². The van der Waals surface area contributed by atoms with E-state index in [4.69, 9.17) is 0 Å². The first-order chi connectivity index (χ1) is 9.10. The van der Waals surface area contributed by atoms with Crippen molar-refractivity contribution >= 4 is 11.8 Å². The topological polar surface area (TPSA) is 62.3 Å². The number of pyridine rings is 1. The largest absolute Gasteiger partial charge is 0.344 e. The van der Waals surface area contributed by atoms with Gasteiger partial charge in [0.25, 0.3) is 0 Å². The molecule has 0 saturated carbocycles. The van der Waals surface area contributed by atoms with Crippen molar-refractivity contribution in [2.24, 2.45) is 0 Å². The Bertz CT molecular complexity index is 487. The molecule has 1 N–H and O–H groups in total. The number of aryl methyl sites for hydroxylation is 1. The highest BCUT2D eigenvalue weighted by Crippen LogP contribution is 2.10. The highest BCUT2D eigenvalue weighted by atomic mass is 16.2. The van der Waals surface area contributed by atoms with Crippen LogP contribution in [0.5, 0.6) is 0 Å². The van der Waals surface area contributed by atoms with Crippen molar-refractivity contribution in [1.82, 2.24) is 15.2 Å². The predicted octanol–water partition coefficient (Wildman–Crippen LogP) is 1.02. The molecule has 19 heavy (non-hydrogen) atoms. The number of nitrogens with one attached hydrogen (secondary N) is 1. The van der Waals surface area contributed by atoms with E-state index in [2.05, 4.69) is 10.3 Å². The number of carbonyl (C=O) groups is 2. The molecule has 0 aliphatic carbocycles. The number of hydrogen-bond acceptors (Lipinski definition) is 3. The second-order valence-electron chi connectivity index (χ2n) is 4.81. The number of rotatable bonds is 3. The summed E-state index contributed by atoms with van der Waals surface area (Å²) in [6.07, 6.45) is 0.969. The molecule has 2 amide bonds. The first-order valence-corrected chi connectivity index (χ1v) is 6.61. The van der Waals surface area contributed by atoms with Gasteiger partial charge in [-0.2, -0.15) is 0 Å². The Balaban J connectivity index is 2.13. The summed E-state index contributed by atoms with van der Waals surface area (Å²) < 4.78 is 0. The fourth-order valence-corrected chi connectivity index (χ4v) is 2.21. The molecule has 2 heterocycles. The average molecular weight is 261 g/mol. The molecule has 1 atom stereocenters. The van der Waals surface area contributed by atoms with Gasteiger partial charge in [-0.05, 0) is 25.5 Å². The molecule has 1 unspecified atom stereocenters. The zero-order chi connectivity index (χ0) is 13.8. The van der Waals surface area contributed by atoms with E-state index in [1.54, 1.807) is 4.90 Å². The highest BCUT2D eigenvalue weighted by molar-refractivity contribution is 5.89. The lowest BCUT2D eigenvalue weighted by Gasteiger charge is -2.23. The lowest BCUT2D eigenvalue weighted by atomic mass is 10.2. The molecule has 0 spiro atoms. The van der Waals surface area contributed by atoms with Crippen LogP contribution in [-0.4, -0.2) is 34.3 Å². The van der Waals surface area contributed by atoms with E-state index in [-0.39, 0.29) is 11.8 Å². The molecular weight excluding hydrogens is 242 g/mol. The molecule has 0 bridgehead atoms. The molecule has 5 nitrogen and oxygen atoms in total. The van der Waals surface area contributed by atoms with Gasteiger partial charge in [0.05, 0.1) is 12.2 Å². The van der Waals surface area contributed by atoms with Crippen LogP contribution in [0.4, 0.5) is 0 Å². The SMILES string of the molecule is CCC1NC(=O)CCN(Cc2cccc(C)n2)C1=O. The summed E-state index contributed by atoms with van der Waals surface area (Å²) in [7, 11) is 0. The van der Waals surface area contributed by atoms with Gasteiger partial charge in [-0.1, -0.05) is 13.0 Å². The maximum atomic E-state index is 12.3. The van der Waals surface area contributed by atoms with Gasteiger partial charge in [0.15, 0.2) is 0 Å². The van der Waals surface area contributed by atoms with Crippen LogP contribution in [0.25, 0.3) is 0 Å². The summed E-state index contributed by atoms with van der Waals surface area (Å²) in [5.74, 6) is -0.0726. The van der Waals surface area contributed by atoms with Crippen LogP contribution >= 0.6 is 0 Å². The Hall–Kier alpha value is -1.91. The third kappa shape index (κ3) is 3.30. The van der Waals surface area contributed by atoms with E-state index in [0.29, 0.717) is 25.9 Å². The van der Waals surface area contributed by atoms with Gasteiger partial charge in [-0.3, -0.25) is 14.6 Å². The summed E-state index contributed by atoms with van der Waals surface area (Å²) in [6.45, 7) is 4.74. The van der Waals surface area contributed by atoms with Gasteiger partial charge in [0.2, 0.25) is 11.8 Å². The third-order valence-electron chi connectivity index (χ3n) is 3.26. The second kappa shape index (κ2) is 5.82. The van der Waals surface area contributed by atoms with Crippen LogP contribution in [-0.2, 0) is 16.1 Å². The fourth-order valence-electron chi connectivity index (χ4n) is 2.21. The number of aromatic nitrogens is 1. The Morgan fingerprint density at radius 3 is 2.89 bits per heavy atom. The molecule has 1 fully saturated rings. The highest BCUT2D eigenvalue weighted by Gasteiger charge is 2.28. The van der Waals surface area contributed by atoms with Gasteiger partial charge in [-0.15, -0.1) is 0 Å². The van der Waals surface area contributed by atoms with Crippen LogP contribution in [0, 0.1) is 6.92 Å². The molecule has 102 valence electrons. The number of amides is 2. The predicted molar refractivity (Wildman–Crippen MR) is 71.2 cm³/mol. The summed E-state index contributed by atoms with van der Waals surface area (Å²) in [6, 6.07) is 5.36. The monoisotopic (exact) mass is 261 g/mol. The van der Waals surface area contributed by atoms with Gasteiger partial charge in [-0.25, -0.2) is 0 Å². The van der Waals surface area contributed by atoms with Crippen LogP contribution in [0.3, 0.4) is 0 Å². The average Bonchev–Trinajstić information content (AvgIpc) is 2.52. The molecule has 1 aliphatic heterocycles. The number of carbonyl (C=O) groups excluding carboxylic acids is 2. The molecule has 2 rings (SSSR count). The zero-order valence-corrected chi connectivity index (χ0v) is 11.3. The zero-order valence-electron chi connectivity index (χ0n) is 11.3. The fraction of sp³-hybridized carbons (Fsp3) is 0.500. The van der Waals surface area contributed by atoms with Crippen molar-refractivity contribution in [2.45, 2.75) is 39.3 Å². The van der Waals surface area contributed by atoms with E-state index in [9.17, 15) is 9.59 Å². The van der Waals surface area contributed by atoms with Crippen molar-refractivity contribution in [3.63, 3.8) is 0 Å². The van der Waals surface area contributed by atoms with Crippen LogP contribution in [0.15, 0.2) is 18.2 Å². The Morgan fingerprint density at radius 1 is 1.42 bits per heavy atom. The second-order valence-corrected chi connectivity index (χ2v) is 4.81. The van der Waals surface area contributed by atoms with Gasteiger partial charge < -0.3 is 10.2 Å². The normalized spacial score (nSPS) is 20.1. The molecule has 0 radical (unpaired) electrons. The van der Waals surface area contributed by atoms with E-state index < -0.39 is 6.04 Å². The summed E-state index contributed by atoms with van der Waals surface area (Å²) in [5, 5.41) is 2.75. The van der Waals surface area contributed by atoms with Gasteiger partial charge in [0.1, 0.15) is 6.04 Å². The molecular formula is C14H19N3O2. The summed E-state index contributed by atoms with van der Waals surface area (Å²) >= 11 is 0. The van der Waals surface area contributed by atoms with E-state index in [1.165, 1.54) is 0 Å². The maximum Gasteiger partial charge on any atom is 0.245 e. The maximum absolute atomic E-state index is 12.3. The van der Waals surface area contributed by atoms with Gasteiger partial charge >= 0.3 is 0 Å². The van der Waals surface area contributed by atoms with Crippen molar-refractivity contribution in [3.05, 3.63) is 29.6 Å². The lowest BCUT2D eigenvalue weighted by Crippen LogP contribution is -2.44. The Kier molecular flexibility index (Phi) is 4.14. The smallest absolute Gasteiger partial charge is 0.245 e. The number of hydrogen-bond donors (Lipinski definition) is 1. The van der Waals surface area contributed by atoms with Crippen molar-refractivity contribution in [2.75, 3.05) is 6.54 Å². The Morgan fingerprint density at radius 2 is 2.21 bits per heavy atom. The minimum absolute atomic E-state index is 0.0170. The molecule has 1 aromatic heterocycles. The van der Waals surface area contributed by atoms with E-state index >= 15 is 0 Å². The minimum Gasteiger partial charge on any atom is -0.344 e. The van der Waals surface area contributed by atoms with Crippen LogP contribution in [0.1, 0.15) is 31.2 Å². The number of nitrogens with zero attached hydrogens (tertiary/aromatic N) is 2. The lowest BCUT2D eigenvalue weighted by molar-refractivity contribution is -0.134. The molecule has 1 aromatic rings.